The van der Waals surface area contributed by atoms with E-state index >= 15 is 4.79 Å². The zero-order chi connectivity index (χ0) is 65.2. The predicted octanol–water partition coefficient (Wildman–Crippen LogP) is 13.6. The number of amides is 4. The molecule has 0 radical (unpaired) electrons. The number of pyridine rings is 1. The summed E-state index contributed by atoms with van der Waals surface area (Å²) in [5.41, 5.74) is 9.08. The summed E-state index contributed by atoms with van der Waals surface area (Å²) in [6.45, 7) is 8.64. The van der Waals surface area contributed by atoms with Crippen molar-refractivity contribution in [3.8, 4) is 0 Å². The van der Waals surface area contributed by atoms with Crippen LogP contribution in [0.25, 0.3) is 0 Å². The number of aromatic nitrogens is 1. The van der Waals surface area contributed by atoms with E-state index in [0.717, 1.165) is 146 Å². The smallest absolute Gasteiger partial charge is 0.314 e. The topological polar surface area (TPSA) is 109 Å². The minimum atomic E-state index is -0.00639. The molecule has 13 heteroatoms. The van der Waals surface area contributed by atoms with E-state index in [0.29, 0.717) is 17.4 Å². The Balaban J connectivity index is 0.000000297. The number of rotatable bonds is 25. The van der Waals surface area contributed by atoms with Crippen LogP contribution in [0.2, 0.25) is 5.02 Å². The number of benzene rings is 4. The Morgan fingerprint density at radius 3 is 1.70 bits per heavy atom. The minimum Gasteiger partial charge on any atom is -0.353 e. The number of quaternary nitrogens is 1. The molecular weight excluding hydrogens is 1150 g/mol. The molecule has 3 fully saturated rings. The van der Waals surface area contributed by atoms with Gasteiger partial charge in [0.25, 0.3) is 0 Å². The molecule has 3 saturated carbocycles. The number of aryl methyl sites for hydroxylation is 3. The summed E-state index contributed by atoms with van der Waals surface area (Å²) in [7, 11) is 15.2. The maximum Gasteiger partial charge on any atom is 0.314 e. The van der Waals surface area contributed by atoms with Crippen molar-refractivity contribution in [3.63, 3.8) is 0 Å². The van der Waals surface area contributed by atoms with Crippen molar-refractivity contribution in [2.75, 3.05) is 69.0 Å². The maximum atomic E-state index is 15.7. The Bertz CT molecular complexity index is 3130. The Morgan fingerprint density at radius 1 is 0.593 bits per heavy atom. The Labute approximate surface area is 552 Å². The van der Waals surface area contributed by atoms with Gasteiger partial charge in [-0.3, -0.25) is 23.9 Å². The summed E-state index contributed by atoms with van der Waals surface area (Å²) in [5, 5.41) is 3.94. The average Bonchev–Trinajstić information content (AvgIpc) is 0.782. The van der Waals surface area contributed by atoms with E-state index < -0.39 is 0 Å². The molecule has 4 aliphatic rings. The van der Waals surface area contributed by atoms with Crippen molar-refractivity contribution in [2.24, 2.45) is 0 Å². The molecule has 0 bridgehead atoms. The third kappa shape index (κ3) is 19.1. The molecule has 2 unspecified atom stereocenters. The first-order chi connectivity index (χ1) is 43.6. The van der Waals surface area contributed by atoms with E-state index in [4.69, 9.17) is 16.6 Å². The van der Waals surface area contributed by atoms with Crippen LogP contribution in [0.5, 0.6) is 0 Å². The number of carbonyl (C=O) groups excluding carboxylic acids is 4. The lowest BCUT2D eigenvalue weighted by molar-refractivity contribution is -0.907. The molecule has 492 valence electrons. The molecular formula is C78H110ClN8O4+. The van der Waals surface area contributed by atoms with E-state index in [9.17, 15) is 14.4 Å². The van der Waals surface area contributed by atoms with Crippen molar-refractivity contribution in [3.05, 3.63) is 184 Å². The van der Waals surface area contributed by atoms with Crippen LogP contribution in [0.1, 0.15) is 162 Å². The van der Waals surface area contributed by atoms with Gasteiger partial charge in [0.15, 0.2) is 0 Å². The third-order valence-electron chi connectivity index (χ3n) is 22.1. The van der Waals surface area contributed by atoms with Crippen LogP contribution >= 0.6 is 11.6 Å². The molecule has 91 heavy (non-hydrogen) atoms. The second-order valence-corrected chi connectivity index (χ2v) is 28.8. The number of nitrogens with one attached hydrogen (secondary N) is 1. The van der Waals surface area contributed by atoms with Crippen LogP contribution in [0.4, 0.5) is 0 Å². The number of likely N-dealkylation sites (N-methyl/N-ethyl adjacent to an activating group) is 3. The van der Waals surface area contributed by atoms with Gasteiger partial charge in [-0.1, -0.05) is 132 Å². The lowest BCUT2D eigenvalue weighted by Gasteiger charge is -2.56. The Morgan fingerprint density at radius 2 is 1.15 bits per heavy atom. The zero-order valence-electron chi connectivity index (χ0n) is 57.1. The fraction of sp³-hybridized carbons (Fsp3) is 0.551. The molecule has 0 spiro atoms. The van der Waals surface area contributed by atoms with Gasteiger partial charge in [-0.15, -0.1) is 0 Å². The number of nitrogens with zero attached hydrogens (tertiary/aromatic N) is 7. The minimum absolute atomic E-state index is 0.00639. The molecule has 4 amide bonds. The van der Waals surface area contributed by atoms with Gasteiger partial charge in [-0.05, 0) is 199 Å². The lowest BCUT2D eigenvalue weighted by Crippen LogP contribution is -2.69. The zero-order valence-corrected chi connectivity index (χ0v) is 57.9. The fourth-order valence-electron chi connectivity index (χ4n) is 15.8. The van der Waals surface area contributed by atoms with Crippen molar-refractivity contribution < 1.29 is 23.7 Å². The fourth-order valence-corrected chi connectivity index (χ4v) is 16.0. The van der Waals surface area contributed by atoms with Crippen LogP contribution in [0, 0.1) is 13.8 Å². The molecule has 1 N–H and O–H groups in total. The molecule has 12 nitrogen and oxygen atoms in total. The van der Waals surface area contributed by atoms with Crippen molar-refractivity contribution >= 4 is 35.2 Å². The van der Waals surface area contributed by atoms with Gasteiger partial charge < -0.3 is 29.8 Å². The quantitative estimate of drug-likeness (QED) is 0.0455. The SMILES string of the molecule is CN(C)C1(Cc2cccc(Cl)c2)CCC(NC(=O)CCC(=O)N2CC=CCC2)CC1.Cc1ccc(CC2(N(C)C)CCC([N+](CCc3ccccn3)(C(=O)CCC(=O)N(C)C(C)CCc3ccccc3)C3CCC(Cc4cccc(C)c4)(N(C)C)CC3)CC2)cc1. The van der Waals surface area contributed by atoms with Gasteiger partial charge in [0, 0.05) is 117 Å². The summed E-state index contributed by atoms with van der Waals surface area (Å²) < 4.78 is 0.471. The second-order valence-electron chi connectivity index (χ2n) is 28.4. The molecule has 4 aromatic carbocycles. The summed E-state index contributed by atoms with van der Waals surface area (Å²) in [6, 6.07) is 43.5. The number of carbonyl (C=O) groups is 4. The molecule has 9 rings (SSSR count). The van der Waals surface area contributed by atoms with E-state index in [1.54, 1.807) is 0 Å². The van der Waals surface area contributed by atoms with Crippen LogP contribution in [0.3, 0.4) is 0 Å². The molecule has 3 aliphatic carbocycles. The maximum absolute atomic E-state index is 15.7. The van der Waals surface area contributed by atoms with E-state index in [1.807, 2.05) is 53.4 Å². The molecule has 0 saturated heterocycles. The van der Waals surface area contributed by atoms with Gasteiger partial charge in [0.05, 0.1) is 25.0 Å². The van der Waals surface area contributed by atoms with Gasteiger partial charge in [-0.25, -0.2) is 4.79 Å². The van der Waals surface area contributed by atoms with Crippen LogP contribution in [-0.2, 0) is 51.3 Å². The first-order valence-corrected chi connectivity index (χ1v) is 34.7. The monoisotopic (exact) mass is 1260 g/mol. The molecule has 2 atom stereocenters. The van der Waals surface area contributed by atoms with Gasteiger partial charge in [-0.2, -0.15) is 0 Å². The van der Waals surface area contributed by atoms with Crippen LogP contribution in [0.15, 0.2) is 140 Å². The Kier molecular flexibility index (Phi) is 25.8. The highest BCUT2D eigenvalue weighted by Gasteiger charge is 2.55. The van der Waals surface area contributed by atoms with Gasteiger partial charge in [0.1, 0.15) is 0 Å². The van der Waals surface area contributed by atoms with Crippen LogP contribution in [-0.4, -0.2) is 167 Å². The largest absolute Gasteiger partial charge is 0.353 e. The number of hydrogen-bond acceptors (Lipinski definition) is 8. The van der Waals surface area contributed by atoms with Crippen molar-refractivity contribution in [2.45, 2.75) is 209 Å². The molecule has 5 aromatic rings. The molecule has 2 heterocycles. The third-order valence-corrected chi connectivity index (χ3v) is 22.3. The van der Waals surface area contributed by atoms with Gasteiger partial charge >= 0.3 is 5.91 Å². The number of halogens is 1. The van der Waals surface area contributed by atoms with E-state index in [2.05, 4.69) is 186 Å². The average molecular weight is 1260 g/mol. The standard InChI is InChI=1S/C54H76N5O2.C24H34ClN3O2/c1-42-20-23-46(24-21-42)40-53(56(4)5)33-28-49(29-34-53)59(38-32-48-19-12-13-37-55-48,50-30-35-54(36-31-50,57(6)7)41-47-18-14-15-43(2)39-47)52(61)27-26-51(60)58(8)44(3)22-25-45-16-10-9-11-17-45;1-27(2)24(18-19-7-6-8-20(25)17-19)13-11-21(12-14-24)26-22(29)9-10-23(30)28-15-4-3-5-16-28/h9-21,23-24,37,39,44,49-50H,22,25-36,38,40-41H2,1-8H3;3-4,6-8,17,21H,5,9-16,18H2,1-2H3,(H,26,29)/q+1;. The van der Waals surface area contributed by atoms with Gasteiger partial charge in [0.2, 0.25) is 17.7 Å². The summed E-state index contributed by atoms with van der Waals surface area (Å²) in [4.78, 5) is 70.2. The molecule has 1 aliphatic heterocycles. The first-order valence-electron chi connectivity index (χ1n) is 34.3. The molecule has 1 aromatic heterocycles. The highest BCUT2D eigenvalue weighted by atomic mass is 35.5. The van der Waals surface area contributed by atoms with Crippen LogP contribution < -0.4 is 5.32 Å². The predicted molar refractivity (Wildman–Crippen MR) is 373 cm³/mol. The highest BCUT2D eigenvalue weighted by molar-refractivity contribution is 6.30. The summed E-state index contributed by atoms with van der Waals surface area (Å²) >= 11 is 6.18. The van der Waals surface area contributed by atoms with E-state index in [1.165, 1.54) is 33.4 Å². The highest BCUT2D eigenvalue weighted by Crippen LogP contribution is 2.46. The Hall–Kier alpha value is -6.02. The summed E-state index contributed by atoms with van der Waals surface area (Å²) in [6.07, 6.45) is 25.6. The second kappa shape index (κ2) is 33.2. The number of hydrogen-bond donors (Lipinski definition) is 1. The lowest BCUT2D eigenvalue weighted by atomic mass is 9.70. The van der Waals surface area contributed by atoms with Crippen molar-refractivity contribution in [1.29, 1.82) is 0 Å². The van der Waals surface area contributed by atoms with E-state index in [-0.39, 0.29) is 83.7 Å². The van der Waals surface area contributed by atoms with Crippen molar-refractivity contribution in [1.82, 2.24) is 34.8 Å². The summed E-state index contributed by atoms with van der Waals surface area (Å²) in [5.74, 6) is 0.398. The normalized spacial score (nSPS) is 23.6. The first kappa shape index (κ1) is 70.8.